The fourth-order valence-corrected chi connectivity index (χ4v) is 4.50. The molecule has 2 N–H and O–H groups in total. The SMILES string of the molecule is Cc1c(Br)cc(S(=O)(=O)N2CCCC(N)C2)cc1[N+](=O)[O-]. The molecule has 0 bridgehead atoms. The Hall–Kier alpha value is -1.03. The van der Waals surface area contributed by atoms with Crippen molar-refractivity contribution in [2.24, 2.45) is 5.73 Å². The number of nitrogens with zero attached hydrogens (tertiary/aromatic N) is 2. The molecule has 1 unspecified atom stereocenters. The van der Waals surface area contributed by atoms with E-state index in [4.69, 9.17) is 5.73 Å². The molecular weight excluding hydrogens is 362 g/mol. The van der Waals surface area contributed by atoms with Gasteiger partial charge in [0.2, 0.25) is 10.0 Å². The second-order valence-electron chi connectivity index (χ2n) is 5.07. The number of benzene rings is 1. The molecule has 1 fully saturated rings. The maximum Gasteiger partial charge on any atom is 0.274 e. The first-order valence-corrected chi connectivity index (χ1v) is 8.67. The molecule has 1 heterocycles. The number of nitro benzene ring substituents is 1. The zero-order chi connectivity index (χ0) is 15.8. The normalized spacial score (nSPS) is 20.4. The Balaban J connectivity index is 2.47. The van der Waals surface area contributed by atoms with Crippen LogP contribution in [0.15, 0.2) is 21.5 Å². The molecule has 2 rings (SSSR count). The van der Waals surface area contributed by atoms with Crippen molar-refractivity contribution in [3.8, 4) is 0 Å². The van der Waals surface area contributed by atoms with Crippen molar-refractivity contribution >= 4 is 31.6 Å². The zero-order valence-electron chi connectivity index (χ0n) is 11.5. The van der Waals surface area contributed by atoms with Crippen LogP contribution in [0.4, 0.5) is 5.69 Å². The molecule has 0 saturated carbocycles. The second kappa shape index (κ2) is 5.99. The van der Waals surface area contributed by atoms with Crippen LogP contribution in [0.25, 0.3) is 0 Å². The molecular formula is C12H16BrN3O4S. The molecule has 1 aliphatic rings. The summed E-state index contributed by atoms with van der Waals surface area (Å²) in [5.41, 5.74) is 5.99. The lowest BCUT2D eigenvalue weighted by atomic mass is 10.1. The predicted molar refractivity (Wildman–Crippen MR) is 81.5 cm³/mol. The lowest BCUT2D eigenvalue weighted by Crippen LogP contribution is -2.45. The fraction of sp³-hybridized carbons (Fsp3) is 0.500. The standard InChI is InChI=1S/C12H16BrN3O4S/c1-8-11(13)5-10(6-12(8)16(17)18)21(19,20)15-4-2-3-9(14)7-15/h5-6,9H,2-4,7,14H2,1H3. The van der Waals surface area contributed by atoms with Gasteiger partial charge < -0.3 is 5.73 Å². The molecule has 1 aromatic carbocycles. The summed E-state index contributed by atoms with van der Waals surface area (Å²) in [5.74, 6) is 0. The molecule has 9 heteroatoms. The van der Waals surface area contributed by atoms with Crippen molar-refractivity contribution in [3.63, 3.8) is 0 Å². The van der Waals surface area contributed by atoms with Crippen molar-refractivity contribution in [2.45, 2.75) is 30.7 Å². The van der Waals surface area contributed by atoms with Crippen LogP contribution in [0.2, 0.25) is 0 Å². The Bertz CT molecular complexity index is 677. The molecule has 0 aromatic heterocycles. The smallest absolute Gasteiger partial charge is 0.274 e. The minimum Gasteiger partial charge on any atom is -0.327 e. The van der Waals surface area contributed by atoms with E-state index in [0.29, 0.717) is 23.0 Å². The number of sulfonamides is 1. The summed E-state index contributed by atoms with van der Waals surface area (Å²) in [7, 11) is -3.77. The van der Waals surface area contributed by atoms with Gasteiger partial charge in [-0.2, -0.15) is 4.31 Å². The summed E-state index contributed by atoms with van der Waals surface area (Å²) >= 11 is 3.18. The van der Waals surface area contributed by atoms with E-state index in [0.717, 1.165) is 12.5 Å². The van der Waals surface area contributed by atoms with Gasteiger partial charge in [-0.1, -0.05) is 15.9 Å². The van der Waals surface area contributed by atoms with Crippen molar-refractivity contribution in [1.82, 2.24) is 4.31 Å². The van der Waals surface area contributed by atoms with Gasteiger partial charge in [0, 0.05) is 35.2 Å². The van der Waals surface area contributed by atoms with E-state index in [1.807, 2.05) is 0 Å². The van der Waals surface area contributed by atoms with Gasteiger partial charge in [-0.3, -0.25) is 10.1 Å². The van der Waals surface area contributed by atoms with Crippen LogP contribution in [0.1, 0.15) is 18.4 Å². The number of rotatable bonds is 3. The minimum atomic E-state index is -3.77. The van der Waals surface area contributed by atoms with Gasteiger partial charge in [0.15, 0.2) is 0 Å². The second-order valence-corrected chi connectivity index (χ2v) is 7.86. The van der Waals surface area contributed by atoms with E-state index in [2.05, 4.69) is 15.9 Å². The van der Waals surface area contributed by atoms with E-state index >= 15 is 0 Å². The van der Waals surface area contributed by atoms with Crippen molar-refractivity contribution in [3.05, 3.63) is 32.3 Å². The summed E-state index contributed by atoms with van der Waals surface area (Å²) in [6.07, 6.45) is 1.47. The molecule has 0 radical (unpaired) electrons. The molecule has 0 aliphatic carbocycles. The number of nitro groups is 1. The van der Waals surface area contributed by atoms with Crippen LogP contribution in [-0.2, 0) is 10.0 Å². The molecule has 1 atom stereocenters. The molecule has 0 spiro atoms. The highest BCUT2D eigenvalue weighted by atomic mass is 79.9. The van der Waals surface area contributed by atoms with Gasteiger partial charge in [0.1, 0.15) is 0 Å². The van der Waals surface area contributed by atoms with Crippen molar-refractivity contribution in [2.75, 3.05) is 13.1 Å². The Morgan fingerprint density at radius 3 is 2.71 bits per heavy atom. The quantitative estimate of drug-likeness (QED) is 0.637. The van der Waals surface area contributed by atoms with Crippen LogP contribution in [0.3, 0.4) is 0 Å². The number of halogens is 1. The van der Waals surface area contributed by atoms with Crippen molar-refractivity contribution in [1.29, 1.82) is 0 Å². The largest absolute Gasteiger partial charge is 0.327 e. The fourth-order valence-electron chi connectivity index (χ4n) is 2.32. The first-order valence-electron chi connectivity index (χ1n) is 6.43. The van der Waals surface area contributed by atoms with E-state index in [1.165, 1.54) is 10.4 Å². The van der Waals surface area contributed by atoms with Crippen LogP contribution in [0, 0.1) is 17.0 Å². The van der Waals surface area contributed by atoms with E-state index in [9.17, 15) is 18.5 Å². The van der Waals surface area contributed by atoms with E-state index < -0.39 is 14.9 Å². The zero-order valence-corrected chi connectivity index (χ0v) is 13.9. The van der Waals surface area contributed by atoms with Crippen LogP contribution in [-0.4, -0.2) is 36.8 Å². The molecule has 1 aromatic rings. The summed E-state index contributed by atoms with van der Waals surface area (Å²) in [6.45, 7) is 2.19. The Kier molecular flexibility index (Phi) is 4.66. The molecule has 1 aliphatic heterocycles. The van der Waals surface area contributed by atoms with Gasteiger partial charge in [-0.05, 0) is 25.8 Å². The first kappa shape index (κ1) is 16.3. The molecule has 7 nitrogen and oxygen atoms in total. The number of nitrogens with two attached hydrogens (primary N) is 1. The Morgan fingerprint density at radius 1 is 1.48 bits per heavy atom. The number of piperidine rings is 1. The number of hydrogen-bond donors (Lipinski definition) is 1. The van der Waals surface area contributed by atoms with Crippen molar-refractivity contribution < 1.29 is 13.3 Å². The maximum atomic E-state index is 12.6. The number of hydrogen-bond acceptors (Lipinski definition) is 5. The highest BCUT2D eigenvalue weighted by Gasteiger charge is 2.31. The van der Waals surface area contributed by atoms with Gasteiger partial charge in [0.25, 0.3) is 5.69 Å². The van der Waals surface area contributed by atoms with Crippen LogP contribution in [0.5, 0.6) is 0 Å². The third kappa shape index (κ3) is 3.25. The lowest BCUT2D eigenvalue weighted by Gasteiger charge is -2.29. The van der Waals surface area contributed by atoms with E-state index in [-0.39, 0.29) is 23.2 Å². The summed E-state index contributed by atoms with van der Waals surface area (Å²) in [5, 5.41) is 11.0. The minimum absolute atomic E-state index is 0.0826. The Labute approximate surface area is 131 Å². The molecule has 1 saturated heterocycles. The summed E-state index contributed by atoms with van der Waals surface area (Å²) < 4.78 is 26.9. The predicted octanol–water partition coefficient (Wildman–Crippen LogP) is 1.78. The van der Waals surface area contributed by atoms with E-state index in [1.54, 1.807) is 6.92 Å². The summed E-state index contributed by atoms with van der Waals surface area (Å²) in [4.78, 5) is 10.4. The highest BCUT2D eigenvalue weighted by Crippen LogP contribution is 2.31. The maximum absolute atomic E-state index is 12.6. The molecule has 21 heavy (non-hydrogen) atoms. The van der Waals surface area contributed by atoms with Gasteiger partial charge in [-0.25, -0.2) is 8.42 Å². The lowest BCUT2D eigenvalue weighted by molar-refractivity contribution is -0.385. The highest BCUT2D eigenvalue weighted by molar-refractivity contribution is 9.10. The van der Waals surface area contributed by atoms with Crippen LogP contribution < -0.4 is 5.73 Å². The topological polar surface area (TPSA) is 107 Å². The Morgan fingerprint density at radius 2 is 2.14 bits per heavy atom. The van der Waals surface area contributed by atoms with Gasteiger partial charge in [0.05, 0.1) is 9.82 Å². The average Bonchev–Trinajstić information content (AvgIpc) is 2.41. The van der Waals surface area contributed by atoms with Crippen LogP contribution >= 0.6 is 15.9 Å². The first-order chi connectivity index (χ1) is 9.73. The monoisotopic (exact) mass is 377 g/mol. The summed E-state index contributed by atoms with van der Waals surface area (Å²) in [6, 6.07) is 2.31. The third-order valence-electron chi connectivity index (χ3n) is 3.55. The third-order valence-corrected chi connectivity index (χ3v) is 6.21. The van der Waals surface area contributed by atoms with Gasteiger partial charge >= 0.3 is 0 Å². The average molecular weight is 378 g/mol. The molecule has 0 amide bonds. The molecule has 116 valence electrons. The van der Waals surface area contributed by atoms with Gasteiger partial charge in [-0.15, -0.1) is 0 Å².